The van der Waals surface area contributed by atoms with Crippen molar-refractivity contribution in [1.82, 2.24) is 5.32 Å². The van der Waals surface area contributed by atoms with Gasteiger partial charge in [-0.15, -0.1) is 0 Å². The predicted molar refractivity (Wildman–Crippen MR) is 429 cm³/mol. The minimum atomic E-state index is -1.79. The highest BCUT2D eigenvalue weighted by atomic mass is 16.7. The summed E-state index contributed by atoms with van der Waals surface area (Å²) in [7, 11) is 0. The van der Waals surface area contributed by atoms with E-state index in [0.29, 0.717) is 12.8 Å². The second-order valence-corrected chi connectivity index (χ2v) is 30.3. The highest BCUT2D eigenvalue weighted by molar-refractivity contribution is 5.76. The number of ether oxygens (including phenoxy) is 4. The molecule has 0 radical (unpaired) electrons. The number of hydrogen-bond acceptors (Lipinski definition) is 13. The van der Waals surface area contributed by atoms with Crippen molar-refractivity contribution in [1.29, 1.82) is 0 Å². The van der Waals surface area contributed by atoms with Gasteiger partial charge in [-0.3, -0.25) is 4.79 Å². The lowest BCUT2D eigenvalue weighted by Crippen LogP contribution is -2.65. The summed E-state index contributed by atoms with van der Waals surface area (Å²) in [4.78, 5) is 13.4. The average Bonchev–Trinajstić information content (AvgIpc) is 0.791. The number of amides is 1. The lowest BCUT2D eigenvalue weighted by molar-refractivity contribution is -0.359. The van der Waals surface area contributed by atoms with E-state index in [4.69, 9.17) is 18.9 Å². The molecule has 0 aromatic rings. The molecule has 600 valence electrons. The Morgan fingerprint density at radius 2 is 0.680 bits per heavy atom. The highest BCUT2D eigenvalue weighted by Gasteiger charge is 2.51. The van der Waals surface area contributed by atoms with E-state index in [1.54, 1.807) is 6.08 Å². The van der Waals surface area contributed by atoms with Gasteiger partial charge in [0.15, 0.2) is 12.6 Å². The van der Waals surface area contributed by atoms with Gasteiger partial charge in [-0.1, -0.05) is 381 Å². The first-order chi connectivity index (χ1) is 50.6. The molecule has 0 aromatic carbocycles. The van der Waals surface area contributed by atoms with E-state index in [-0.39, 0.29) is 18.9 Å². The van der Waals surface area contributed by atoms with E-state index >= 15 is 0 Å². The van der Waals surface area contributed by atoms with Crippen molar-refractivity contribution in [2.45, 2.75) is 453 Å². The maximum absolute atomic E-state index is 13.4. The Hall–Kier alpha value is -2.83. The van der Waals surface area contributed by atoms with Crippen LogP contribution in [-0.4, -0.2) is 140 Å². The zero-order chi connectivity index (χ0) is 74.4. The number of allylic oxidation sites excluding steroid dienone is 13. The molecule has 2 rings (SSSR count). The largest absolute Gasteiger partial charge is 0.394 e. The zero-order valence-corrected chi connectivity index (χ0v) is 66.1. The van der Waals surface area contributed by atoms with Gasteiger partial charge in [0.05, 0.1) is 32.0 Å². The minimum Gasteiger partial charge on any atom is -0.394 e. The average molecular weight is 1450 g/mol. The van der Waals surface area contributed by atoms with Crippen LogP contribution in [-0.2, 0) is 23.7 Å². The van der Waals surface area contributed by atoms with Crippen molar-refractivity contribution in [3.8, 4) is 0 Å². The van der Waals surface area contributed by atoms with Crippen LogP contribution in [0.3, 0.4) is 0 Å². The summed E-state index contributed by atoms with van der Waals surface area (Å²) in [5.74, 6) is -0.243. The Morgan fingerprint density at radius 3 is 1.07 bits per heavy atom. The molecule has 0 saturated carbocycles. The van der Waals surface area contributed by atoms with E-state index in [9.17, 15) is 45.6 Å². The molecule has 0 aliphatic carbocycles. The van der Waals surface area contributed by atoms with E-state index in [1.807, 2.05) is 6.08 Å². The molecule has 2 aliphatic rings. The summed E-state index contributed by atoms with van der Waals surface area (Å²) in [6.45, 7) is 2.73. The second-order valence-electron chi connectivity index (χ2n) is 30.3. The Labute approximate surface area is 631 Å². The van der Waals surface area contributed by atoms with Gasteiger partial charge in [0, 0.05) is 6.42 Å². The van der Waals surface area contributed by atoms with E-state index in [0.717, 1.165) is 64.2 Å². The van der Waals surface area contributed by atoms with Gasteiger partial charge in [-0.2, -0.15) is 0 Å². The molecule has 9 N–H and O–H groups in total. The molecule has 14 heteroatoms. The monoisotopic (exact) mass is 1450 g/mol. The topological polar surface area (TPSA) is 228 Å². The normalized spacial score (nSPS) is 22.0. The molecule has 1 amide bonds. The summed E-state index contributed by atoms with van der Waals surface area (Å²) in [5, 5.41) is 87.8. The third kappa shape index (κ3) is 54.4. The molecule has 0 bridgehead atoms. The molecule has 2 aliphatic heterocycles. The van der Waals surface area contributed by atoms with Crippen molar-refractivity contribution in [3.63, 3.8) is 0 Å². The van der Waals surface area contributed by atoms with Gasteiger partial charge in [0.1, 0.15) is 48.8 Å². The van der Waals surface area contributed by atoms with Gasteiger partial charge in [-0.05, 0) is 77.0 Å². The standard InChI is InChI=1S/C89H161NO13/c1-3-5-7-9-11-13-15-17-19-21-23-25-27-29-31-33-35-36-37-38-39-40-41-42-43-45-47-49-51-53-55-57-59-61-63-65-67-69-71-73-81(94)90-77(76-100-88-86(99)84(97)87(80(75-92)102-88)103-89-85(98)83(96)82(95)79(74-91)101-89)78(93)72-70-68-66-64-62-60-58-56-54-52-50-48-46-44-34-32-30-28-26-24-22-20-18-16-14-12-10-8-6-4-2/h5,7,11,13,17,19,23,25,29,31,62,64,70,72,77-80,82-89,91-93,95-99H,3-4,6,8-10,12,14-16,18,20-22,24,26-28,30,32-61,63,65-69,71,73-76H2,1-2H3,(H,90,94)/b7-5-,13-11-,19-17-,25-23-,31-29-,64-62+,72-70+. The van der Waals surface area contributed by atoms with Gasteiger partial charge in [0.25, 0.3) is 0 Å². The molecule has 14 nitrogen and oxygen atoms in total. The molecule has 12 atom stereocenters. The quantitative estimate of drug-likeness (QED) is 0.0204. The molecule has 2 heterocycles. The molecular weight excluding hydrogens is 1290 g/mol. The maximum atomic E-state index is 13.4. The van der Waals surface area contributed by atoms with Gasteiger partial charge in [0.2, 0.25) is 5.91 Å². The SMILES string of the molecule is CC/C=C\C/C=C\C/C=C\C/C=C\C/C=C\CCCCCCCCCCCCCCCCCCCCCCCCCC(=O)NC(COC1OC(CO)C(OC2OC(CO)C(O)C(O)C2O)C(O)C1O)C(O)/C=C/CC/C=C/CCCCCCCCCCCCCCCCCCCCCCCCCC. The fourth-order valence-corrected chi connectivity index (χ4v) is 14.0. The van der Waals surface area contributed by atoms with Crippen LogP contribution < -0.4 is 5.32 Å². The van der Waals surface area contributed by atoms with Crippen LogP contribution >= 0.6 is 0 Å². The molecule has 103 heavy (non-hydrogen) atoms. The van der Waals surface area contributed by atoms with Gasteiger partial charge >= 0.3 is 0 Å². The summed E-state index contributed by atoms with van der Waals surface area (Å²) >= 11 is 0. The molecule has 2 saturated heterocycles. The molecule has 12 unspecified atom stereocenters. The number of carbonyl (C=O) groups is 1. The number of rotatable bonds is 73. The Kier molecular flexibility index (Phi) is 67.3. The maximum Gasteiger partial charge on any atom is 0.220 e. The van der Waals surface area contributed by atoms with Crippen molar-refractivity contribution in [2.75, 3.05) is 19.8 Å². The van der Waals surface area contributed by atoms with Crippen LogP contribution in [0.2, 0.25) is 0 Å². The summed E-state index contributed by atoms with van der Waals surface area (Å²) in [5.41, 5.74) is 0. The smallest absolute Gasteiger partial charge is 0.220 e. The van der Waals surface area contributed by atoms with Crippen LogP contribution in [0.25, 0.3) is 0 Å². The summed E-state index contributed by atoms with van der Waals surface area (Å²) in [6.07, 6.45) is 85.5. The van der Waals surface area contributed by atoms with Crippen molar-refractivity contribution in [2.24, 2.45) is 0 Å². The highest BCUT2D eigenvalue weighted by Crippen LogP contribution is 2.30. The van der Waals surface area contributed by atoms with Gasteiger partial charge < -0.3 is 65.1 Å². The lowest BCUT2D eigenvalue weighted by Gasteiger charge is -2.46. The third-order valence-corrected chi connectivity index (χ3v) is 20.8. The number of nitrogens with one attached hydrogen (secondary N) is 1. The summed E-state index contributed by atoms with van der Waals surface area (Å²) < 4.78 is 22.9. The van der Waals surface area contributed by atoms with E-state index in [2.05, 4.69) is 92.1 Å². The Morgan fingerprint density at radius 1 is 0.359 bits per heavy atom. The minimum absolute atomic E-state index is 0.243. The predicted octanol–water partition coefficient (Wildman–Crippen LogP) is 20.6. The van der Waals surface area contributed by atoms with Gasteiger partial charge in [-0.25, -0.2) is 0 Å². The third-order valence-electron chi connectivity index (χ3n) is 20.8. The molecule has 0 aromatic heterocycles. The van der Waals surface area contributed by atoms with Crippen LogP contribution in [0.1, 0.15) is 380 Å². The van der Waals surface area contributed by atoms with Crippen LogP contribution in [0.15, 0.2) is 85.1 Å². The molecular formula is C89H161NO13. The first-order valence-electron chi connectivity index (χ1n) is 43.3. The molecule has 2 fully saturated rings. The van der Waals surface area contributed by atoms with Crippen molar-refractivity contribution in [3.05, 3.63) is 85.1 Å². The van der Waals surface area contributed by atoms with Crippen LogP contribution in [0, 0.1) is 0 Å². The molecule has 0 spiro atoms. The number of hydrogen-bond donors (Lipinski definition) is 9. The Bertz CT molecular complexity index is 2060. The fourth-order valence-electron chi connectivity index (χ4n) is 14.0. The number of unbranched alkanes of at least 4 members (excludes halogenated alkanes) is 48. The van der Waals surface area contributed by atoms with E-state index in [1.165, 1.54) is 283 Å². The Balaban J connectivity index is 1.58. The van der Waals surface area contributed by atoms with Crippen LogP contribution in [0.4, 0.5) is 0 Å². The lowest BCUT2D eigenvalue weighted by atomic mass is 9.97. The second kappa shape index (κ2) is 72.1. The number of aliphatic hydroxyl groups excluding tert-OH is 8. The van der Waals surface area contributed by atoms with Crippen LogP contribution in [0.5, 0.6) is 0 Å². The first kappa shape index (κ1) is 96.2. The zero-order valence-electron chi connectivity index (χ0n) is 66.1. The number of aliphatic hydroxyl groups is 8. The van der Waals surface area contributed by atoms with E-state index < -0.39 is 86.8 Å². The summed E-state index contributed by atoms with van der Waals surface area (Å²) in [6, 6.07) is -0.935. The number of carbonyl (C=O) groups excluding carboxylic acids is 1. The van der Waals surface area contributed by atoms with Crippen molar-refractivity contribution < 1.29 is 64.6 Å². The fraction of sp³-hybridized carbons (Fsp3) is 0.831. The van der Waals surface area contributed by atoms with Crippen molar-refractivity contribution >= 4 is 5.91 Å². The first-order valence-corrected chi connectivity index (χ1v) is 43.3.